The number of hydrogen-bond donors (Lipinski definition) is 2. The Morgan fingerprint density at radius 2 is 1.69 bits per heavy atom. The molecule has 0 aromatic rings. The molecule has 0 rings (SSSR count). The second-order valence-corrected chi connectivity index (χ2v) is 3.60. The predicted molar refractivity (Wildman–Crippen MR) is 60.2 cm³/mol. The van der Waals surface area contributed by atoms with Crippen LogP contribution in [0.2, 0.25) is 0 Å². The molecule has 2 heteroatoms. The Bertz CT molecular complexity index is 94.1. The zero-order valence-corrected chi connectivity index (χ0v) is 9.53. The molecule has 0 aromatic heterocycles. The quantitative estimate of drug-likeness (QED) is 0.539. The molecule has 13 heavy (non-hydrogen) atoms. The zero-order valence-electron chi connectivity index (χ0n) is 9.53. The Morgan fingerprint density at radius 3 is 2.23 bits per heavy atom. The molecule has 0 radical (unpaired) electrons. The molecular weight excluding hydrogens is 160 g/mol. The van der Waals surface area contributed by atoms with Gasteiger partial charge in [-0.2, -0.15) is 0 Å². The van der Waals surface area contributed by atoms with Gasteiger partial charge in [-0.05, 0) is 25.8 Å². The predicted octanol–water partition coefficient (Wildman–Crippen LogP) is 2.15. The van der Waals surface area contributed by atoms with Gasteiger partial charge >= 0.3 is 0 Å². The minimum Gasteiger partial charge on any atom is -0.315 e. The van der Waals surface area contributed by atoms with E-state index in [1.54, 1.807) is 0 Å². The van der Waals surface area contributed by atoms with Crippen molar-refractivity contribution in [2.45, 2.75) is 52.5 Å². The van der Waals surface area contributed by atoms with Crippen molar-refractivity contribution in [3.05, 3.63) is 0 Å². The topological polar surface area (TPSA) is 24.1 Å². The van der Waals surface area contributed by atoms with E-state index < -0.39 is 0 Å². The maximum absolute atomic E-state index is 3.57. The molecular formula is C11H26N2. The molecule has 0 aliphatic rings. The highest BCUT2D eigenvalue weighted by Crippen LogP contribution is 1.99. The van der Waals surface area contributed by atoms with Crippen molar-refractivity contribution in [1.82, 2.24) is 10.6 Å². The van der Waals surface area contributed by atoms with Crippen molar-refractivity contribution in [3.8, 4) is 0 Å². The summed E-state index contributed by atoms with van der Waals surface area (Å²) in [4.78, 5) is 0. The molecule has 2 N–H and O–H groups in total. The summed E-state index contributed by atoms with van der Waals surface area (Å²) in [6.07, 6.45) is 5.08. The lowest BCUT2D eigenvalue weighted by Gasteiger charge is -2.15. The van der Waals surface area contributed by atoms with E-state index in [0.29, 0.717) is 0 Å². The monoisotopic (exact) mass is 186 g/mol. The maximum Gasteiger partial charge on any atom is 0.00793 e. The van der Waals surface area contributed by atoms with Crippen molar-refractivity contribution in [2.75, 3.05) is 19.6 Å². The first-order valence-corrected chi connectivity index (χ1v) is 5.79. The average Bonchev–Trinajstić information content (AvgIpc) is 2.16. The van der Waals surface area contributed by atoms with Crippen LogP contribution < -0.4 is 10.6 Å². The number of nitrogens with one attached hydrogen (secondary N) is 2. The molecule has 0 spiro atoms. The minimum absolute atomic E-state index is 0.730. The lowest BCUT2D eigenvalue weighted by atomic mass is 10.1. The first kappa shape index (κ1) is 12.9. The molecule has 0 saturated heterocycles. The summed E-state index contributed by atoms with van der Waals surface area (Å²) in [5.41, 5.74) is 0. The maximum atomic E-state index is 3.57. The minimum atomic E-state index is 0.730. The highest BCUT2D eigenvalue weighted by molar-refractivity contribution is 4.64. The SMILES string of the molecule is CCCNCCNC(CC)CCC. The summed E-state index contributed by atoms with van der Waals surface area (Å²) < 4.78 is 0. The molecule has 0 heterocycles. The molecule has 0 amide bonds. The van der Waals surface area contributed by atoms with Crippen molar-refractivity contribution >= 4 is 0 Å². The Kier molecular flexibility index (Phi) is 9.94. The molecule has 0 aromatic carbocycles. The van der Waals surface area contributed by atoms with Gasteiger partial charge in [0.15, 0.2) is 0 Å². The second-order valence-electron chi connectivity index (χ2n) is 3.60. The van der Waals surface area contributed by atoms with Gasteiger partial charge in [-0.1, -0.05) is 27.2 Å². The van der Waals surface area contributed by atoms with E-state index in [1.807, 2.05) is 0 Å². The van der Waals surface area contributed by atoms with Crippen molar-refractivity contribution in [1.29, 1.82) is 0 Å². The summed E-state index contributed by atoms with van der Waals surface area (Å²) >= 11 is 0. The Morgan fingerprint density at radius 1 is 0.923 bits per heavy atom. The van der Waals surface area contributed by atoms with E-state index >= 15 is 0 Å². The van der Waals surface area contributed by atoms with Gasteiger partial charge in [0.1, 0.15) is 0 Å². The van der Waals surface area contributed by atoms with Crippen molar-refractivity contribution in [3.63, 3.8) is 0 Å². The van der Waals surface area contributed by atoms with Crippen LogP contribution in [0.3, 0.4) is 0 Å². The van der Waals surface area contributed by atoms with E-state index in [1.165, 1.54) is 25.7 Å². The van der Waals surface area contributed by atoms with Crippen LogP contribution in [0, 0.1) is 0 Å². The van der Waals surface area contributed by atoms with E-state index in [9.17, 15) is 0 Å². The lowest BCUT2D eigenvalue weighted by molar-refractivity contribution is 0.457. The van der Waals surface area contributed by atoms with Gasteiger partial charge in [0.2, 0.25) is 0 Å². The Labute approximate surface area is 83.5 Å². The van der Waals surface area contributed by atoms with E-state index in [2.05, 4.69) is 31.4 Å². The van der Waals surface area contributed by atoms with Gasteiger partial charge in [-0.3, -0.25) is 0 Å². The zero-order chi connectivity index (χ0) is 9.94. The van der Waals surface area contributed by atoms with Gasteiger partial charge in [-0.15, -0.1) is 0 Å². The fraction of sp³-hybridized carbons (Fsp3) is 1.00. The molecule has 0 saturated carbocycles. The standard InChI is InChI=1S/C11H26N2/c1-4-7-11(6-3)13-10-9-12-8-5-2/h11-13H,4-10H2,1-3H3. The van der Waals surface area contributed by atoms with Gasteiger partial charge in [-0.25, -0.2) is 0 Å². The highest BCUT2D eigenvalue weighted by Gasteiger charge is 2.01. The van der Waals surface area contributed by atoms with Crippen LogP contribution in [0.25, 0.3) is 0 Å². The van der Waals surface area contributed by atoms with Crippen LogP contribution in [-0.2, 0) is 0 Å². The molecule has 1 unspecified atom stereocenters. The van der Waals surface area contributed by atoms with E-state index in [-0.39, 0.29) is 0 Å². The van der Waals surface area contributed by atoms with Gasteiger partial charge in [0, 0.05) is 19.1 Å². The fourth-order valence-corrected chi connectivity index (χ4v) is 1.47. The molecule has 80 valence electrons. The first-order chi connectivity index (χ1) is 6.35. The molecule has 0 bridgehead atoms. The van der Waals surface area contributed by atoms with E-state index in [4.69, 9.17) is 0 Å². The van der Waals surface area contributed by atoms with Crippen molar-refractivity contribution < 1.29 is 0 Å². The molecule has 1 atom stereocenters. The van der Waals surface area contributed by atoms with Crippen molar-refractivity contribution in [2.24, 2.45) is 0 Å². The van der Waals surface area contributed by atoms with Gasteiger partial charge in [0.05, 0.1) is 0 Å². The largest absolute Gasteiger partial charge is 0.315 e. The molecule has 0 fully saturated rings. The van der Waals surface area contributed by atoms with Crippen LogP contribution >= 0.6 is 0 Å². The summed E-state index contributed by atoms with van der Waals surface area (Å²) in [5.74, 6) is 0. The van der Waals surface area contributed by atoms with Crippen LogP contribution in [0.15, 0.2) is 0 Å². The molecule has 2 nitrogen and oxygen atoms in total. The normalized spacial score (nSPS) is 13.2. The van der Waals surface area contributed by atoms with Gasteiger partial charge < -0.3 is 10.6 Å². The Balaban J connectivity index is 3.17. The number of hydrogen-bond acceptors (Lipinski definition) is 2. The summed E-state index contributed by atoms with van der Waals surface area (Å²) in [6.45, 7) is 10.1. The third-order valence-corrected chi connectivity index (χ3v) is 2.29. The summed E-state index contributed by atoms with van der Waals surface area (Å²) in [6, 6.07) is 0.730. The van der Waals surface area contributed by atoms with Crippen LogP contribution in [0.5, 0.6) is 0 Å². The Hall–Kier alpha value is -0.0800. The molecule has 0 aliphatic carbocycles. The van der Waals surface area contributed by atoms with E-state index in [0.717, 1.165) is 25.7 Å². The third-order valence-electron chi connectivity index (χ3n) is 2.29. The average molecular weight is 186 g/mol. The summed E-state index contributed by atoms with van der Waals surface area (Å²) in [7, 11) is 0. The highest BCUT2D eigenvalue weighted by atomic mass is 15.0. The smallest absolute Gasteiger partial charge is 0.00793 e. The van der Waals surface area contributed by atoms with Crippen LogP contribution in [0.4, 0.5) is 0 Å². The van der Waals surface area contributed by atoms with Gasteiger partial charge in [0.25, 0.3) is 0 Å². The number of rotatable bonds is 9. The lowest BCUT2D eigenvalue weighted by Crippen LogP contribution is -2.34. The molecule has 0 aliphatic heterocycles. The summed E-state index contributed by atoms with van der Waals surface area (Å²) in [5, 5.41) is 6.96. The second kappa shape index (κ2) is 10.0. The third kappa shape index (κ3) is 8.26. The fourth-order valence-electron chi connectivity index (χ4n) is 1.47. The van der Waals surface area contributed by atoms with Crippen LogP contribution in [0.1, 0.15) is 46.5 Å². The first-order valence-electron chi connectivity index (χ1n) is 5.79. The van der Waals surface area contributed by atoms with Crippen LogP contribution in [-0.4, -0.2) is 25.7 Å².